The number of anilines is 1. The van der Waals surface area contributed by atoms with E-state index in [-0.39, 0.29) is 11.4 Å². The smallest absolute Gasteiger partial charge is 0.253 e. The van der Waals surface area contributed by atoms with Gasteiger partial charge < -0.3 is 16.0 Å². The number of nitrogen functional groups attached to an aromatic ring is 1. The van der Waals surface area contributed by atoms with E-state index in [1.165, 1.54) is 0 Å². The third-order valence-electron chi connectivity index (χ3n) is 3.46. The molecule has 0 fully saturated rings. The fourth-order valence-corrected chi connectivity index (χ4v) is 1.43. The van der Waals surface area contributed by atoms with Gasteiger partial charge in [-0.2, -0.15) is 0 Å². The van der Waals surface area contributed by atoms with E-state index >= 15 is 0 Å². The molecule has 18 heavy (non-hydrogen) atoms. The number of benzene rings is 1. The molecule has 0 unspecified atom stereocenters. The number of amides is 1. The highest BCUT2D eigenvalue weighted by molar-refractivity contribution is 5.99. The van der Waals surface area contributed by atoms with E-state index in [9.17, 15) is 4.79 Å². The van der Waals surface area contributed by atoms with Gasteiger partial charge in [0.25, 0.3) is 5.91 Å². The van der Waals surface area contributed by atoms with E-state index in [0.29, 0.717) is 17.8 Å². The van der Waals surface area contributed by atoms with Crippen molar-refractivity contribution in [3.63, 3.8) is 0 Å². The van der Waals surface area contributed by atoms with Crippen LogP contribution in [0.5, 0.6) is 0 Å². The molecule has 0 aliphatic carbocycles. The average Bonchev–Trinajstić information content (AvgIpc) is 2.29. The molecular weight excluding hydrogens is 226 g/mol. The highest BCUT2D eigenvalue weighted by Gasteiger charge is 2.22. The van der Waals surface area contributed by atoms with Crippen LogP contribution < -0.4 is 11.1 Å². The van der Waals surface area contributed by atoms with Gasteiger partial charge in [-0.15, -0.1) is 0 Å². The zero-order valence-electron chi connectivity index (χ0n) is 11.9. The number of aryl methyl sites for hydroxylation is 1. The predicted octanol–water partition coefficient (Wildman–Crippen LogP) is 1.65. The zero-order chi connectivity index (χ0) is 13.9. The summed E-state index contributed by atoms with van der Waals surface area (Å²) in [6.45, 7) is 6.63. The van der Waals surface area contributed by atoms with Crippen LogP contribution in [0.15, 0.2) is 18.2 Å². The summed E-state index contributed by atoms with van der Waals surface area (Å²) >= 11 is 0. The number of nitrogens with zero attached hydrogens (tertiary/aromatic N) is 1. The Morgan fingerprint density at radius 1 is 1.39 bits per heavy atom. The normalized spacial score (nSPS) is 11.7. The molecule has 1 rings (SSSR count). The number of hydrogen-bond donors (Lipinski definition) is 2. The van der Waals surface area contributed by atoms with Crippen molar-refractivity contribution < 1.29 is 4.79 Å². The van der Waals surface area contributed by atoms with Gasteiger partial charge in [0.05, 0.1) is 5.56 Å². The van der Waals surface area contributed by atoms with Crippen LogP contribution in [0, 0.1) is 6.92 Å². The van der Waals surface area contributed by atoms with Gasteiger partial charge in [-0.3, -0.25) is 4.79 Å². The van der Waals surface area contributed by atoms with Crippen LogP contribution in [0.25, 0.3) is 0 Å². The number of nitrogens with two attached hydrogens (primary N) is 1. The SMILES string of the molecule is Cc1cccc(C(=O)NCC(C)(C)N(C)C)c1N. The molecule has 0 heterocycles. The summed E-state index contributed by atoms with van der Waals surface area (Å²) in [5.74, 6) is -0.119. The second kappa shape index (κ2) is 5.40. The lowest BCUT2D eigenvalue weighted by molar-refractivity contribution is 0.0920. The van der Waals surface area contributed by atoms with Crippen molar-refractivity contribution in [1.29, 1.82) is 0 Å². The molecule has 0 aliphatic rings. The van der Waals surface area contributed by atoms with Crippen LogP contribution in [0.3, 0.4) is 0 Å². The van der Waals surface area contributed by atoms with Gasteiger partial charge in [0.15, 0.2) is 0 Å². The molecule has 1 amide bonds. The maximum Gasteiger partial charge on any atom is 0.253 e. The number of rotatable bonds is 4. The van der Waals surface area contributed by atoms with Crippen molar-refractivity contribution in [1.82, 2.24) is 10.2 Å². The van der Waals surface area contributed by atoms with Gasteiger partial charge in [-0.05, 0) is 46.5 Å². The molecule has 0 aliphatic heterocycles. The fraction of sp³-hybridized carbons (Fsp3) is 0.500. The van der Waals surface area contributed by atoms with Crippen LogP contribution in [0.4, 0.5) is 5.69 Å². The Balaban J connectivity index is 2.75. The van der Waals surface area contributed by atoms with Crippen molar-refractivity contribution in [2.24, 2.45) is 0 Å². The van der Waals surface area contributed by atoms with Crippen LogP contribution in [-0.2, 0) is 0 Å². The lowest BCUT2D eigenvalue weighted by Gasteiger charge is -2.32. The van der Waals surface area contributed by atoms with Crippen molar-refractivity contribution in [3.05, 3.63) is 29.3 Å². The van der Waals surface area contributed by atoms with Crippen LogP contribution in [-0.4, -0.2) is 37.0 Å². The van der Waals surface area contributed by atoms with E-state index in [1.807, 2.05) is 33.2 Å². The molecule has 1 aromatic carbocycles. The number of carbonyl (C=O) groups is 1. The van der Waals surface area contributed by atoms with Gasteiger partial charge >= 0.3 is 0 Å². The summed E-state index contributed by atoms with van der Waals surface area (Å²) in [5, 5.41) is 2.93. The van der Waals surface area contributed by atoms with Gasteiger partial charge in [-0.25, -0.2) is 0 Å². The van der Waals surface area contributed by atoms with Crippen molar-refractivity contribution in [2.75, 3.05) is 26.4 Å². The molecule has 100 valence electrons. The van der Waals surface area contributed by atoms with Crippen LogP contribution >= 0.6 is 0 Å². The Labute approximate surface area is 109 Å². The van der Waals surface area contributed by atoms with Crippen LogP contribution in [0.2, 0.25) is 0 Å². The lowest BCUT2D eigenvalue weighted by Crippen LogP contribution is -2.48. The van der Waals surface area contributed by atoms with Crippen molar-refractivity contribution in [3.8, 4) is 0 Å². The summed E-state index contributed by atoms with van der Waals surface area (Å²) < 4.78 is 0. The number of hydrogen-bond acceptors (Lipinski definition) is 3. The first-order valence-electron chi connectivity index (χ1n) is 6.06. The highest BCUT2D eigenvalue weighted by Crippen LogP contribution is 2.16. The molecule has 0 radical (unpaired) electrons. The molecule has 4 heteroatoms. The van der Waals surface area contributed by atoms with Gasteiger partial charge in [0, 0.05) is 17.8 Å². The minimum atomic E-state index is -0.119. The maximum atomic E-state index is 12.1. The molecule has 0 bridgehead atoms. The lowest BCUT2D eigenvalue weighted by atomic mass is 10.0. The largest absolute Gasteiger partial charge is 0.398 e. The second-order valence-electron chi connectivity index (χ2n) is 5.43. The Hall–Kier alpha value is -1.55. The van der Waals surface area contributed by atoms with Crippen molar-refractivity contribution in [2.45, 2.75) is 26.3 Å². The van der Waals surface area contributed by atoms with Crippen molar-refractivity contribution >= 4 is 11.6 Å². The first-order valence-corrected chi connectivity index (χ1v) is 6.06. The summed E-state index contributed by atoms with van der Waals surface area (Å²) in [6.07, 6.45) is 0. The minimum absolute atomic E-state index is 0.0890. The van der Waals surface area contributed by atoms with E-state index in [0.717, 1.165) is 5.56 Å². The molecule has 0 aromatic heterocycles. The average molecular weight is 249 g/mol. The summed E-state index contributed by atoms with van der Waals surface area (Å²) in [6, 6.07) is 5.49. The van der Waals surface area contributed by atoms with E-state index in [1.54, 1.807) is 6.07 Å². The Bertz CT molecular complexity index is 439. The third kappa shape index (κ3) is 3.23. The Morgan fingerprint density at radius 2 is 2.00 bits per heavy atom. The number of carbonyl (C=O) groups excluding carboxylic acids is 1. The summed E-state index contributed by atoms with van der Waals surface area (Å²) in [5.41, 5.74) is 7.85. The summed E-state index contributed by atoms with van der Waals surface area (Å²) in [4.78, 5) is 14.2. The number of likely N-dealkylation sites (N-methyl/N-ethyl adjacent to an activating group) is 1. The van der Waals surface area contributed by atoms with Gasteiger partial charge in [0.1, 0.15) is 0 Å². The molecule has 0 spiro atoms. The first kappa shape index (κ1) is 14.5. The van der Waals surface area contributed by atoms with E-state index in [2.05, 4.69) is 24.1 Å². The Kier molecular flexibility index (Phi) is 4.35. The molecule has 0 atom stereocenters. The molecule has 0 saturated heterocycles. The minimum Gasteiger partial charge on any atom is -0.398 e. The monoisotopic (exact) mass is 249 g/mol. The molecule has 4 nitrogen and oxygen atoms in total. The number of nitrogens with one attached hydrogen (secondary N) is 1. The zero-order valence-corrected chi connectivity index (χ0v) is 11.9. The van der Waals surface area contributed by atoms with Gasteiger partial charge in [0.2, 0.25) is 0 Å². The summed E-state index contributed by atoms with van der Waals surface area (Å²) in [7, 11) is 3.99. The van der Waals surface area contributed by atoms with Crippen LogP contribution in [0.1, 0.15) is 29.8 Å². The standard InChI is InChI=1S/C14H23N3O/c1-10-7-6-8-11(12(10)15)13(18)16-9-14(2,3)17(4)5/h6-8H,9,15H2,1-5H3,(H,16,18). The molecular formula is C14H23N3O. The molecule has 3 N–H and O–H groups in total. The van der Waals surface area contributed by atoms with E-state index in [4.69, 9.17) is 5.73 Å². The predicted molar refractivity (Wildman–Crippen MR) is 75.7 cm³/mol. The molecule has 1 aromatic rings. The first-order chi connectivity index (χ1) is 8.25. The number of para-hydroxylation sites is 1. The molecule has 0 saturated carbocycles. The highest BCUT2D eigenvalue weighted by atomic mass is 16.1. The second-order valence-corrected chi connectivity index (χ2v) is 5.43. The third-order valence-corrected chi connectivity index (χ3v) is 3.46. The Morgan fingerprint density at radius 3 is 2.56 bits per heavy atom. The maximum absolute atomic E-state index is 12.1. The quantitative estimate of drug-likeness (QED) is 0.798. The van der Waals surface area contributed by atoms with Gasteiger partial charge in [-0.1, -0.05) is 12.1 Å². The fourth-order valence-electron chi connectivity index (χ4n) is 1.43. The van der Waals surface area contributed by atoms with E-state index < -0.39 is 0 Å². The topological polar surface area (TPSA) is 58.4 Å².